The van der Waals surface area contributed by atoms with Crippen LogP contribution in [0.4, 0.5) is 0 Å². The summed E-state index contributed by atoms with van der Waals surface area (Å²) in [6.07, 6.45) is 0. The lowest BCUT2D eigenvalue weighted by atomic mass is 10.1. The summed E-state index contributed by atoms with van der Waals surface area (Å²) < 4.78 is 6.47. The first kappa shape index (κ1) is 13.2. The minimum atomic E-state index is -0.220. The molecule has 1 heterocycles. The summed E-state index contributed by atoms with van der Waals surface area (Å²) >= 11 is 0. The first-order valence-electron chi connectivity index (χ1n) is 6.63. The maximum Gasteiger partial charge on any atom is 0.254 e. The van der Waals surface area contributed by atoms with E-state index in [2.05, 4.69) is 0 Å². The fourth-order valence-corrected chi connectivity index (χ4v) is 2.35. The third-order valence-corrected chi connectivity index (χ3v) is 3.50. The topological polar surface area (TPSA) is 51.5 Å². The molecule has 0 saturated carbocycles. The molecular weight excluding hydrogens is 266 g/mol. The van der Waals surface area contributed by atoms with Crippen molar-refractivity contribution >= 4 is 10.8 Å². The number of benzene rings is 2. The molecule has 21 heavy (non-hydrogen) atoms. The van der Waals surface area contributed by atoms with Crippen LogP contribution in [0.15, 0.2) is 59.4 Å². The minimum absolute atomic E-state index is 0.00563. The number of fused-ring (bicyclic) bond motifs is 1. The Kier molecular flexibility index (Phi) is 3.36. The molecule has 0 spiro atoms. The highest BCUT2D eigenvalue weighted by molar-refractivity contribution is 5.86. The molecule has 0 fully saturated rings. The molecule has 3 rings (SSSR count). The molecular formula is C17H15NO3. The smallest absolute Gasteiger partial charge is 0.254 e. The van der Waals surface area contributed by atoms with Crippen LogP contribution in [0.5, 0.6) is 11.6 Å². The quantitative estimate of drug-likeness (QED) is 0.803. The summed E-state index contributed by atoms with van der Waals surface area (Å²) in [4.78, 5) is 12.2. The van der Waals surface area contributed by atoms with Crippen LogP contribution in [0.25, 0.3) is 10.8 Å². The zero-order chi connectivity index (χ0) is 14.8. The van der Waals surface area contributed by atoms with Crippen molar-refractivity contribution in [1.82, 2.24) is 4.57 Å². The lowest BCUT2D eigenvalue weighted by Crippen LogP contribution is -2.19. The molecule has 0 aliphatic carbocycles. The number of aromatic hydroxyl groups is 1. The molecule has 0 atom stereocenters. The molecule has 3 aromatic rings. The predicted molar refractivity (Wildman–Crippen MR) is 82.0 cm³/mol. The van der Waals surface area contributed by atoms with Gasteiger partial charge in [-0.15, -0.1) is 0 Å². The van der Waals surface area contributed by atoms with Crippen LogP contribution in [-0.2, 0) is 6.54 Å². The van der Waals surface area contributed by atoms with E-state index in [1.165, 1.54) is 4.57 Å². The highest BCUT2D eigenvalue weighted by Gasteiger charge is 2.09. The third-order valence-electron chi connectivity index (χ3n) is 3.50. The molecule has 1 aromatic heterocycles. The van der Waals surface area contributed by atoms with Crippen LogP contribution in [0.1, 0.15) is 5.56 Å². The van der Waals surface area contributed by atoms with Crippen molar-refractivity contribution < 1.29 is 9.84 Å². The SMILES string of the molecule is COc1ccc(Cn2c(O)c3ccccc3cc2=O)cc1. The van der Waals surface area contributed by atoms with E-state index in [4.69, 9.17) is 4.74 Å². The van der Waals surface area contributed by atoms with E-state index in [1.54, 1.807) is 19.2 Å². The predicted octanol–water partition coefficient (Wildman–Crippen LogP) is 2.76. The van der Waals surface area contributed by atoms with Crippen LogP contribution >= 0.6 is 0 Å². The third kappa shape index (κ3) is 2.48. The van der Waals surface area contributed by atoms with E-state index in [1.807, 2.05) is 42.5 Å². The van der Waals surface area contributed by atoms with Gasteiger partial charge in [0.1, 0.15) is 5.75 Å². The van der Waals surface area contributed by atoms with Gasteiger partial charge in [-0.1, -0.05) is 30.3 Å². The molecule has 4 nitrogen and oxygen atoms in total. The maximum atomic E-state index is 12.2. The van der Waals surface area contributed by atoms with Gasteiger partial charge in [-0.25, -0.2) is 0 Å². The molecule has 0 aliphatic heterocycles. The van der Waals surface area contributed by atoms with Gasteiger partial charge >= 0.3 is 0 Å². The normalized spacial score (nSPS) is 10.7. The van der Waals surface area contributed by atoms with E-state index in [-0.39, 0.29) is 11.4 Å². The van der Waals surface area contributed by atoms with Gasteiger partial charge in [-0.3, -0.25) is 9.36 Å². The van der Waals surface area contributed by atoms with Crippen LogP contribution in [0.2, 0.25) is 0 Å². The van der Waals surface area contributed by atoms with Gasteiger partial charge in [0.05, 0.1) is 13.7 Å². The first-order valence-corrected chi connectivity index (χ1v) is 6.63. The molecule has 0 amide bonds. The molecule has 0 unspecified atom stereocenters. The average Bonchev–Trinajstić information content (AvgIpc) is 2.52. The van der Waals surface area contributed by atoms with E-state index in [9.17, 15) is 9.90 Å². The van der Waals surface area contributed by atoms with Gasteiger partial charge < -0.3 is 9.84 Å². The lowest BCUT2D eigenvalue weighted by molar-refractivity contribution is 0.414. The van der Waals surface area contributed by atoms with Crippen LogP contribution < -0.4 is 10.3 Å². The summed E-state index contributed by atoms with van der Waals surface area (Å²) in [6.45, 7) is 0.319. The molecule has 2 aromatic carbocycles. The molecule has 0 bridgehead atoms. The molecule has 1 N–H and O–H groups in total. The first-order chi connectivity index (χ1) is 10.2. The Hall–Kier alpha value is -2.75. The number of methoxy groups -OCH3 is 1. The monoisotopic (exact) mass is 281 g/mol. The highest BCUT2D eigenvalue weighted by atomic mass is 16.5. The van der Waals surface area contributed by atoms with Gasteiger partial charge in [0.25, 0.3) is 5.56 Å². The Labute approximate surface area is 121 Å². The summed E-state index contributed by atoms with van der Waals surface area (Å²) in [5.74, 6) is 0.753. The van der Waals surface area contributed by atoms with Crippen molar-refractivity contribution in [2.24, 2.45) is 0 Å². The van der Waals surface area contributed by atoms with E-state index in [0.29, 0.717) is 11.9 Å². The Bertz CT molecular complexity index is 835. The summed E-state index contributed by atoms with van der Waals surface area (Å²) in [7, 11) is 1.61. The second kappa shape index (κ2) is 5.32. The fraction of sp³-hybridized carbons (Fsp3) is 0.118. The minimum Gasteiger partial charge on any atom is -0.497 e. The number of nitrogens with zero attached hydrogens (tertiary/aromatic N) is 1. The van der Waals surface area contributed by atoms with E-state index >= 15 is 0 Å². The van der Waals surface area contributed by atoms with Crippen LogP contribution in [0.3, 0.4) is 0 Å². The maximum absolute atomic E-state index is 12.2. The Morgan fingerprint density at radius 2 is 1.81 bits per heavy atom. The largest absolute Gasteiger partial charge is 0.497 e. The van der Waals surface area contributed by atoms with Gasteiger partial charge in [-0.2, -0.15) is 0 Å². The number of aromatic nitrogens is 1. The number of hydrogen-bond donors (Lipinski definition) is 1. The van der Waals surface area contributed by atoms with Crippen molar-refractivity contribution in [3.8, 4) is 11.6 Å². The second-order valence-electron chi connectivity index (χ2n) is 4.83. The lowest BCUT2D eigenvalue weighted by Gasteiger charge is -2.11. The number of pyridine rings is 1. The zero-order valence-corrected chi connectivity index (χ0v) is 11.6. The Morgan fingerprint density at radius 1 is 1.10 bits per heavy atom. The molecule has 0 radical (unpaired) electrons. The van der Waals surface area contributed by atoms with Gasteiger partial charge in [-0.05, 0) is 29.1 Å². The van der Waals surface area contributed by atoms with Crippen molar-refractivity contribution in [2.75, 3.05) is 7.11 Å². The molecule has 0 saturated heterocycles. The summed E-state index contributed by atoms with van der Waals surface area (Å²) in [5, 5.41) is 11.7. The number of ether oxygens (including phenoxy) is 1. The van der Waals surface area contributed by atoms with E-state index < -0.39 is 0 Å². The van der Waals surface area contributed by atoms with Gasteiger partial charge in [0.15, 0.2) is 0 Å². The van der Waals surface area contributed by atoms with Crippen LogP contribution in [-0.4, -0.2) is 16.8 Å². The van der Waals surface area contributed by atoms with Crippen molar-refractivity contribution in [3.05, 3.63) is 70.5 Å². The zero-order valence-electron chi connectivity index (χ0n) is 11.6. The molecule has 0 aliphatic rings. The van der Waals surface area contributed by atoms with Gasteiger partial charge in [0.2, 0.25) is 5.88 Å². The van der Waals surface area contributed by atoms with Crippen molar-refractivity contribution in [2.45, 2.75) is 6.54 Å². The average molecular weight is 281 g/mol. The summed E-state index contributed by atoms with van der Waals surface area (Å²) in [5.41, 5.74) is 0.700. The second-order valence-corrected chi connectivity index (χ2v) is 4.83. The number of rotatable bonds is 3. The Balaban J connectivity index is 2.05. The van der Waals surface area contributed by atoms with Crippen LogP contribution in [0, 0.1) is 0 Å². The highest BCUT2D eigenvalue weighted by Crippen LogP contribution is 2.23. The van der Waals surface area contributed by atoms with Gasteiger partial charge in [0, 0.05) is 11.5 Å². The Morgan fingerprint density at radius 3 is 2.52 bits per heavy atom. The molecule has 4 heteroatoms. The van der Waals surface area contributed by atoms with Crippen molar-refractivity contribution in [3.63, 3.8) is 0 Å². The number of hydrogen-bond acceptors (Lipinski definition) is 3. The van der Waals surface area contributed by atoms with E-state index in [0.717, 1.165) is 16.7 Å². The summed E-state index contributed by atoms with van der Waals surface area (Å²) in [6, 6.07) is 16.2. The fourth-order valence-electron chi connectivity index (χ4n) is 2.35. The molecule has 106 valence electrons. The standard InChI is InChI=1S/C17H15NO3/c1-21-14-8-6-12(7-9-14)11-18-16(19)10-13-4-2-3-5-15(13)17(18)20/h2-10,20H,11H2,1H3. The van der Waals surface area contributed by atoms with Crippen molar-refractivity contribution in [1.29, 1.82) is 0 Å².